The molecule has 0 heterocycles. The van der Waals surface area contributed by atoms with Crippen LogP contribution in [0, 0.1) is 0 Å². The molecule has 0 saturated carbocycles. The minimum absolute atomic E-state index is 0. The summed E-state index contributed by atoms with van der Waals surface area (Å²) >= 11 is 0. The molecule has 69 valence electrons. The van der Waals surface area contributed by atoms with Crippen LogP contribution in [0.4, 0.5) is 0 Å². The summed E-state index contributed by atoms with van der Waals surface area (Å²) in [6.07, 6.45) is 0. The van der Waals surface area contributed by atoms with Crippen molar-refractivity contribution < 1.29 is 28.5 Å². The Morgan fingerprint density at radius 1 is 1.00 bits per heavy atom. The van der Waals surface area contributed by atoms with Crippen LogP contribution in [-0.4, -0.2) is 11.1 Å². The van der Waals surface area contributed by atoms with Crippen molar-refractivity contribution in [2.24, 2.45) is 0 Å². The monoisotopic (exact) mass is 223 g/mol. The van der Waals surface area contributed by atoms with E-state index in [1.165, 1.54) is 0 Å². The molecule has 0 spiro atoms. The summed E-state index contributed by atoms with van der Waals surface area (Å²) < 4.78 is 0. The molecule has 0 amide bonds. The summed E-state index contributed by atoms with van der Waals surface area (Å²) in [7, 11) is 0. The first-order chi connectivity index (χ1) is 6.29. The van der Waals surface area contributed by atoms with E-state index in [-0.39, 0.29) is 18.6 Å². The van der Waals surface area contributed by atoms with Crippen molar-refractivity contribution in [3.63, 3.8) is 0 Å². The Labute approximate surface area is 93.4 Å². The second-order valence-corrected chi connectivity index (χ2v) is 2.83. The van der Waals surface area contributed by atoms with Crippen molar-refractivity contribution in [1.29, 1.82) is 0 Å². The summed E-state index contributed by atoms with van der Waals surface area (Å²) in [6, 6.07) is 12.7. The van der Waals surface area contributed by atoms with Gasteiger partial charge in [0.1, 0.15) is 0 Å². The van der Waals surface area contributed by atoms with Gasteiger partial charge in [-0.15, -0.1) is 0 Å². The molecule has 3 heteroatoms. The van der Waals surface area contributed by atoms with Crippen LogP contribution in [0.15, 0.2) is 42.5 Å². The molecular formula is C11H8O2V. The van der Waals surface area contributed by atoms with Gasteiger partial charge in [-0.3, -0.25) is 0 Å². The van der Waals surface area contributed by atoms with Crippen molar-refractivity contribution in [1.82, 2.24) is 0 Å². The molecule has 14 heavy (non-hydrogen) atoms. The third kappa shape index (κ3) is 1.81. The average Bonchev–Trinajstić information content (AvgIpc) is 2.17. The molecule has 2 aromatic rings. The molecule has 1 N–H and O–H groups in total. The van der Waals surface area contributed by atoms with Gasteiger partial charge in [0, 0.05) is 18.6 Å². The van der Waals surface area contributed by atoms with Gasteiger partial charge in [0.05, 0.1) is 5.56 Å². The smallest absolute Gasteiger partial charge is 0.336 e. The Bertz CT molecular complexity index is 460. The molecule has 2 rings (SSSR count). The summed E-state index contributed by atoms with van der Waals surface area (Å²) in [5.41, 5.74) is 0.359. The zero-order chi connectivity index (χ0) is 9.26. The molecule has 0 aliphatic heterocycles. The Morgan fingerprint density at radius 2 is 1.64 bits per heavy atom. The predicted octanol–water partition coefficient (Wildman–Crippen LogP) is 2.54. The van der Waals surface area contributed by atoms with Crippen molar-refractivity contribution >= 4 is 16.7 Å². The van der Waals surface area contributed by atoms with Gasteiger partial charge in [0.15, 0.2) is 0 Å². The number of aromatic carboxylic acids is 1. The molecule has 0 bridgehead atoms. The van der Waals surface area contributed by atoms with E-state index >= 15 is 0 Å². The topological polar surface area (TPSA) is 37.3 Å². The zero-order valence-electron chi connectivity index (χ0n) is 7.34. The summed E-state index contributed by atoms with van der Waals surface area (Å²) in [6.45, 7) is 0. The summed E-state index contributed by atoms with van der Waals surface area (Å²) in [5.74, 6) is -0.878. The van der Waals surface area contributed by atoms with Crippen LogP contribution in [0.25, 0.3) is 10.8 Å². The third-order valence-corrected chi connectivity index (χ3v) is 2.02. The number of carboxylic acids is 1. The maximum absolute atomic E-state index is 10.8. The quantitative estimate of drug-likeness (QED) is 0.806. The molecule has 0 aliphatic carbocycles. The van der Waals surface area contributed by atoms with Crippen LogP contribution < -0.4 is 0 Å². The van der Waals surface area contributed by atoms with Crippen molar-refractivity contribution in [2.45, 2.75) is 0 Å². The maximum atomic E-state index is 10.8. The van der Waals surface area contributed by atoms with Gasteiger partial charge in [0.25, 0.3) is 0 Å². The summed E-state index contributed by atoms with van der Waals surface area (Å²) in [4.78, 5) is 10.8. The standard InChI is InChI=1S/C11H8O2.V/c12-11(13)10-7-3-5-8-4-1-2-6-9(8)10;/h1-7H,(H,12,13);. The second-order valence-electron chi connectivity index (χ2n) is 2.83. The second kappa shape index (κ2) is 4.31. The van der Waals surface area contributed by atoms with Gasteiger partial charge >= 0.3 is 5.97 Å². The van der Waals surface area contributed by atoms with Crippen LogP contribution in [0.1, 0.15) is 10.4 Å². The van der Waals surface area contributed by atoms with Gasteiger partial charge in [0.2, 0.25) is 0 Å². The maximum Gasteiger partial charge on any atom is 0.336 e. The van der Waals surface area contributed by atoms with Crippen LogP contribution in [-0.2, 0) is 18.6 Å². The average molecular weight is 223 g/mol. The first-order valence-corrected chi connectivity index (χ1v) is 4.00. The molecule has 0 aromatic heterocycles. The van der Waals surface area contributed by atoms with Crippen molar-refractivity contribution in [3.8, 4) is 0 Å². The molecule has 0 aliphatic rings. The molecule has 2 aromatic carbocycles. The van der Waals surface area contributed by atoms with E-state index in [4.69, 9.17) is 5.11 Å². The Hall–Kier alpha value is -1.25. The van der Waals surface area contributed by atoms with Crippen molar-refractivity contribution in [3.05, 3.63) is 48.0 Å². The minimum atomic E-state index is -0.878. The van der Waals surface area contributed by atoms with E-state index in [1.807, 2.05) is 30.3 Å². The third-order valence-electron chi connectivity index (χ3n) is 2.02. The fourth-order valence-corrected chi connectivity index (χ4v) is 1.41. The number of rotatable bonds is 1. The van der Waals surface area contributed by atoms with Gasteiger partial charge in [-0.25, -0.2) is 4.79 Å². The summed E-state index contributed by atoms with van der Waals surface area (Å²) in [5, 5.41) is 10.6. The molecule has 2 nitrogen and oxygen atoms in total. The van der Waals surface area contributed by atoms with Gasteiger partial charge in [-0.1, -0.05) is 36.4 Å². The van der Waals surface area contributed by atoms with Gasteiger partial charge < -0.3 is 5.11 Å². The van der Waals surface area contributed by atoms with E-state index in [0.717, 1.165) is 10.8 Å². The molecule has 1 radical (unpaired) electrons. The van der Waals surface area contributed by atoms with Crippen LogP contribution >= 0.6 is 0 Å². The fourth-order valence-electron chi connectivity index (χ4n) is 1.41. The first-order valence-electron chi connectivity index (χ1n) is 4.00. The van der Waals surface area contributed by atoms with E-state index < -0.39 is 5.97 Å². The van der Waals surface area contributed by atoms with E-state index in [0.29, 0.717) is 5.56 Å². The molecular weight excluding hydrogens is 215 g/mol. The number of carboxylic acid groups (broad SMARTS) is 1. The van der Waals surface area contributed by atoms with Crippen LogP contribution in [0.2, 0.25) is 0 Å². The van der Waals surface area contributed by atoms with Crippen LogP contribution in [0.5, 0.6) is 0 Å². The van der Waals surface area contributed by atoms with E-state index in [1.54, 1.807) is 12.1 Å². The Kier molecular flexibility index (Phi) is 3.34. The number of carbonyl (C=O) groups is 1. The number of fused-ring (bicyclic) bond motifs is 1. The molecule has 0 saturated heterocycles. The predicted molar refractivity (Wildman–Crippen MR) is 50.9 cm³/mol. The largest absolute Gasteiger partial charge is 0.478 e. The molecule has 0 atom stereocenters. The van der Waals surface area contributed by atoms with E-state index in [9.17, 15) is 4.79 Å². The number of hydrogen-bond acceptors (Lipinski definition) is 1. The number of benzene rings is 2. The van der Waals surface area contributed by atoms with E-state index in [2.05, 4.69) is 0 Å². The SMILES string of the molecule is O=C(O)c1cccc2ccccc12.[V]. The fraction of sp³-hybridized carbons (Fsp3) is 0. The Balaban J connectivity index is 0.000000980. The first kappa shape index (κ1) is 10.8. The molecule has 0 unspecified atom stereocenters. The number of hydrogen-bond donors (Lipinski definition) is 1. The van der Waals surface area contributed by atoms with Gasteiger partial charge in [-0.2, -0.15) is 0 Å². The van der Waals surface area contributed by atoms with Gasteiger partial charge in [-0.05, 0) is 16.8 Å². The zero-order valence-corrected chi connectivity index (χ0v) is 8.74. The molecule has 0 fully saturated rings. The van der Waals surface area contributed by atoms with Crippen molar-refractivity contribution in [2.75, 3.05) is 0 Å². The van der Waals surface area contributed by atoms with Crippen LogP contribution in [0.3, 0.4) is 0 Å². The normalized spacial score (nSPS) is 9.43. The minimum Gasteiger partial charge on any atom is -0.478 e. The Morgan fingerprint density at radius 3 is 2.36 bits per heavy atom.